The number of piperazine rings is 1. The Bertz CT molecular complexity index is 615. The fraction of sp³-hybridized carbons (Fsp3) is 0.500. The van der Waals surface area contributed by atoms with E-state index in [1.165, 1.54) is 0 Å². The zero-order valence-corrected chi connectivity index (χ0v) is 12.6. The number of nitrogens with one attached hydrogen (secondary N) is 1. The summed E-state index contributed by atoms with van der Waals surface area (Å²) in [4.78, 5) is 0.286. The van der Waals surface area contributed by atoms with Crippen molar-refractivity contribution in [1.29, 1.82) is 5.26 Å². The molecule has 0 aliphatic carbocycles. The van der Waals surface area contributed by atoms with Crippen LogP contribution in [0.4, 0.5) is 0 Å². The van der Waals surface area contributed by atoms with Crippen LogP contribution in [0.25, 0.3) is 0 Å². The number of hydrogen-bond acceptors (Lipinski definition) is 4. The molecule has 2 rings (SSSR count). The summed E-state index contributed by atoms with van der Waals surface area (Å²) in [6.45, 7) is 5.60. The van der Waals surface area contributed by atoms with E-state index < -0.39 is 15.6 Å². The molecule has 1 saturated heterocycles. The molecule has 1 heterocycles. The molecule has 0 saturated carbocycles. The van der Waals surface area contributed by atoms with Crippen LogP contribution in [-0.4, -0.2) is 37.9 Å². The van der Waals surface area contributed by atoms with Crippen LogP contribution in [0.1, 0.15) is 19.4 Å². The second kappa shape index (κ2) is 5.52. The van der Waals surface area contributed by atoms with Crippen molar-refractivity contribution in [3.8, 4) is 6.07 Å². The average Bonchev–Trinajstić information content (AvgIpc) is 2.39. The van der Waals surface area contributed by atoms with E-state index in [2.05, 4.69) is 11.4 Å². The summed E-state index contributed by atoms with van der Waals surface area (Å²) in [5.41, 5.74) is 0.383. The number of nitriles is 1. The topological polar surface area (TPSA) is 73.2 Å². The zero-order valence-electron chi connectivity index (χ0n) is 11.8. The lowest BCUT2D eigenvalue weighted by Gasteiger charge is -2.41. The molecular formula is C14H19N3O2S. The molecule has 0 atom stereocenters. The smallest absolute Gasteiger partial charge is 0.243 e. The van der Waals surface area contributed by atoms with Gasteiger partial charge in [-0.3, -0.25) is 0 Å². The molecule has 1 aromatic carbocycles. The Morgan fingerprint density at radius 1 is 1.35 bits per heavy atom. The van der Waals surface area contributed by atoms with Crippen molar-refractivity contribution < 1.29 is 8.42 Å². The van der Waals surface area contributed by atoms with E-state index in [0.717, 1.165) is 5.56 Å². The Balaban J connectivity index is 2.32. The van der Waals surface area contributed by atoms with Crippen LogP contribution in [0.5, 0.6) is 0 Å². The maximum atomic E-state index is 12.7. The molecular weight excluding hydrogens is 274 g/mol. The minimum atomic E-state index is -3.49. The van der Waals surface area contributed by atoms with Crippen molar-refractivity contribution in [2.45, 2.75) is 30.7 Å². The lowest BCUT2D eigenvalue weighted by atomic mass is 10.0. The number of benzene rings is 1. The fourth-order valence-corrected chi connectivity index (χ4v) is 4.19. The van der Waals surface area contributed by atoms with Crippen molar-refractivity contribution in [2.75, 3.05) is 19.6 Å². The van der Waals surface area contributed by atoms with E-state index in [0.29, 0.717) is 26.1 Å². The van der Waals surface area contributed by atoms with Gasteiger partial charge in [0, 0.05) is 25.2 Å². The molecule has 0 radical (unpaired) electrons. The second-order valence-electron chi connectivity index (χ2n) is 5.55. The van der Waals surface area contributed by atoms with Gasteiger partial charge in [-0.1, -0.05) is 12.1 Å². The number of sulfonamides is 1. The van der Waals surface area contributed by atoms with Gasteiger partial charge in [-0.05, 0) is 31.5 Å². The minimum Gasteiger partial charge on any atom is -0.314 e. The molecule has 0 unspecified atom stereocenters. The van der Waals surface area contributed by atoms with Gasteiger partial charge in [-0.15, -0.1) is 0 Å². The van der Waals surface area contributed by atoms with Gasteiger partial charge in [0.15, 0.2) is 0 Å². The van der Waals surface area contributed by atoms with E-state index >= 15 is 0 Å². The van der Waals surface area contributed by atoms with Crippen LogP contribution < -0.4 is 5.32 Å². The highest BCUT2D eigenvalue weighted by Gasteiger charge is 2.38. The van der Waals surface area contributed by atoms with Crippen molar-refractivity contribution in [2.24, 2.45) is 0 Å². The van der Waals surface area contributed by atoms with Gasteiger partial charge in [0.2, 0.25) is 10.0 Å². The Hall–Kier alpha value is -1.42. The van der Waals surface area contributed by atoms with Gasteiger partial charge in [0.1, 0.15) is 0 Å². The molecule has 1 N–H and O–H groups in total. The molecule has 108 valence electrons. The van der Waals surface area contributed by atoms with E-state index in [1.807, 2.05) is 13.8 Å². The van der Waals surface area contributed by atoms with Gasteiger partial charge in [-0.2, -0.15) is 9.57 Å². The molecule has 0 bridgehead atoms. The summed E-state index contributed by atoms with van der Waals surface area (Å²) in [5, 5.41) is 11.9. The maximum Gasteiger partial charge on any atom is 0.243 e. The lowest BCUT2D eigenvalue weighted by Crippen LogP contribution is -2.59. The zero-order chi connectivity index (χ0) is 14.8. The van der Waals surface area contributed by atoms with Crippen LogP contribution in [0, 0.1) is 11.3 Å². The van der Waals surface area contributed by atoms with E-state index in [-0.39, 0.29) is 4.90 Å². The molecule has 0 spiro atoms. The third-order valence-electron chi connectivity index (χ3n) is 3.52. The summed E-state index contributed by atoms with van der Waals surface area (Å²) in [5.74, 6) is 0. The number of rotatable bonds is 3. The first-order valence-electron chi connectivity index (χ1n) is 6.57. The van der Waals surface area contributed by atoms with Crippen molar-refractivity contribution in [3.05, 3.63) is 29.8 Å². The Kier molecular flexibility index (Phi) is 4.14. The molecule has 1 aliphatic heterocycles. The molecule has 6 heteroatoms. The highest BCUT2D eigenvalue weighted by Crippen LogP contribution is 2.26. The molecule has 1 fully saturated rings. The van der Waals surface area contributed by atoms with Crippen LogP contribution in [0.3, 0.4) is 0 Å². The van der Waals surface area contributed by atoms with Crippen molar-refractivity contribution in [3.63, 3.8) is 0 Å². The molecule has 1 aromatic rings. The minimum absolute atomic E-state index is 0.286. The van der Waals surface area contributed by atoms with Crippen LogP contribution in [0.2, 0.25) is 0 Å². The highest BCUT2D eigenvalue weighted by atomic mass is 32.2. The lowest BCUT2D eigenvalue weighted by molar-refractivity contribution is 0.186. The molecule has 0 aromatic heterocycles. The third-order valence-corrected chi connectivity index (χ3v) is 5.64. The van der Waals surface area contributed by atoms with Crippen LogP contribution >= 0.6 is 0 Å². The maximum absolute atomic E-state index is 12.7. The first-order valence-corrected chi connectivity index (χ1v) is 8.01. The first kappa shape index (κ1) is 15.0. The van der Waals surface area contributed by atoms with Gasteiger partial charge >= 0.3 is 0 Å². The summed E-state index contributed by atoms with van der Waals surface area (Å²) < 4.78 is 27.0. The Morgan fingerprint density at radius 3 is 2.55 bits per heavy atom. The molecule has 5 nitrogen and oxygen atoms in total. The van der Waals surface area contributed by atoms with Crippen molar-refractivity contribution in [1.82, 2.24) is 9.62 Å². The number of nitrogens with zero attached hydrogens (tertiary/aromatic N) is 2. The molecule has 1 aliphatic rings. The van der Waals surface area contributed by atoms with E-state index in [4.69, 9.17) is 5.26 Å². The Morgan fingerprint density at radius 2 is 2.00 bits per heavy atom. The van der Waals surface area contributed by atoms with Crippen molar-refractivity contribution >= 4 is 10.0 Å². The number of hydrogen-bond donors (Lipinski definition) is 1. The van der Waals surface area contributed by atoms with Gasteiger partial charge in [-0.25, -0.2) is 8.42 Å². The molecule has 0 amide bonds. The van der Waals surface area contributed by atoms with Gasteiger partial charge < -0.3 is 5.32 Å². The quantitative estimate of drug-likeness (QED) is 0.906. The largest absolute Gasteiger partial charge is 0.314 e. The summed E-state index contributed by atoms with van der Waals surface area (Å²) in [6, 6.07) is 8.62. The summed E-state index contributed by atoms with van der Waals surface area (Å²) in [7, 11) is -3.49. The SMILES string of the molecule is CC1(C)CNCCN1S(=O)(=O)c1ccc(CC#N)cc1. The van der Waals surface area contributed by atoms with Crippen LogP contribution in [-0.2, 0) is 16.4 Å². The highest BCUT2D eigenvalue weighted by molar-refractivity contribution is 7.89. The standard InChI is InChI=1S/C14H19N3O2S/c1-14(2)11-16-9-10-17(14)20(18,19)13-5-3-12(4-6-13)7-8-15/h3-6,16H,7,9-11H2,1-2H3. The summed E-state index contributed by atoms with van der Waals surface area (Å²) in [6.07, 6.45) is 0.291. The van der Waals surface area contributed by atoms with Gasteiger partial charge in [0.25, 0.3) is 0 Å². The van der Waals surface area contributed by atoms with E-state index in [1.54, 1.807) is 28.6 Å². The average molecular weight is 293 g/mol. The Labute approximate surface area is 120 Å². The van der Waals surface area contributed by atoms with Gasteiger partial charge in [0.05, 0.1) is 17.4 Å². The normalized spacial score (nSPS) is 19.4. The first-order chi connectivity index (χ1) is 9.38. The fourth-order valence-electron chi connectivity index (χ4n) is 2.41. The predicted molar refractivity (Wildman–Crippen MR) is 76.6 cm³/mol. The van der Waals surface area contributed by atoms with Crippen LogP contribution in [0.15, 0.2) is 29.2 Å². The predicted octanol–water partition coefficient (Wildman–Crippen LogP) is 1.13. The second-order valence-corrected chi connectivity index (χ2v) is 7.41. The molecule has 20 heavy (non-hydrogen) atoms. The summed E-state index contributed by atoms with van der Waals surface area (Å²) >= 11 is 0. The van der Waals surface area contributed by atoms with E-state index in [9.17, 15) is 8.42 Å². The monoisotopic (exact) mass is 293 g/mol. The third kappa shape index (κ3) is 2.85.